The van der Waals surface area contributed by atoms with Crippen LogP contribution in [0.5, 0.6) is 0 Å². The second-order valence-electron chi connectivity index (χ2n) is 5.56. The molecule has 1 aromatic carbocycles. The molecular formula is C15H21NO4. The molecule has 0 bridgehead atoms. The van der Waals surface area contributed by atoms with E-state index in [4.69, 9.17) is 4.74 Å². The highest BCUT2D eigenvalue weighted by Gasteiger charge is 2.41. The van der Waals surface area contributed by atoms with Gasteiger partial charge < -0.3 is 15.2 Å². The minimum atomic E-state index is -1.48. The number of carboxylic acids is 1. The molecule has 0 aliphatic rings. The fourth-order valence-electron chi connectivity index (χ4n) is 1.89. The van der Waals surface area contributed by atoms with Crippen LogP contribution in [0.1, 0.15) is 39.7 Å². The molecule has 0 unspecified atom stereocenters. The Morgan fingerprint density at radius 1 is 1.20 bits per heavy atom. The number of carboxylic acid groups (broad SMARTS) is 1. The zero-order valence-electron chi connectivity index (χ0n) is 12.3. The number of amides is 1. The standard InChI is InChI=1S/C15H21NO4/c1-5-15(12(17)18,11-9-7-6-8-10-11)16-13(19)20-14(2,3)4/h6-10H,5H2,1-4H3,(H,16,19)(H,17,18)/t15-/m0/s1. The highest BCUT2D eigenvalue weighted by molar-refractivity contribution is 5.85. The summed E-state index contributed by atoms with van der Waals surface area (Å²) in [4.78, 5) is 23.6. The first kappa shape index (κ1) is 16.0. The van der Waals surface area contributed by atoms with E-state index in [1.807, 2.05) is 0 Å². The third-order valence-electron chi connectivity index (χ3n) is 2.88. The van der Waals surface area contributed by atoms with Crippen LogP contribution in [0, 0.1) is 0 Å². The van der Waals surface area contributed by atoms with E-state index in [2.05, 4.69) is 5.32 Å². The lowest BCUT2D eigenvalue weighted by atomic mass is 9.87. The number of nitrogens with one attached hydrogen (secondary N) is 1. The predicted octanol–water partition coefficient (Wildman–Crippen LogP) is 2.90. The number of hydrogen-bond donors (Lipinski definition) is 2. The number of rotatable bonds is 4. The van der Waals surface area contributed by atoms with Crippen LogP contribution >= 0.6 is 0 Å². The quantitative estimate of drug-likeness (QED) is 0.888. The average molecular weight is 279 g/mol. The van der Waals surface area contributed by atoms with Crippen LogP contribution in [-0.2, 0) is 15.1 Å². The first-order valence-corrected chi connectivity index (χ1v) is 6.51. The third-order valence-corrected chi connectivity index (χ3v) is 2.88. The van der Waals surface area contributed by atoms with E-state index in [1.54, 1.807) is 58.0 Å². The molecule has 110 valence electrons. The number of benzene rings is 1. The number of alkyl carbamates (subject to hydrolysis) is 1. The summed E-state index contributed by atoms with van der Waals surface area (Å²) in [6, 6.07) is 8.61. The van der Waals surface area contributed by atoms with Gasteiger partial charge >= 0.3 is 12.1 Å². The fourth-order valence-corrected chi connectivity index (χ4v) is 1.89. The molecule has 0 aromatic heterocycles. The maximum Gasteiger partial charge on any atom is 0.408 e. The van der Waals surface area contributed by atoms with Gasteiger partial charge in [0.25, 0.3) is 0 Å². The van der Waals surface area contributed by atoms with Crippen molar-refractivity contribution >= 4 is 12.1 Å². The number of carbonyl (C=O) groups is 2. The van der Waals surface area contributed by atoms with Gasteiger partial charge in [-0.2, -0.15) is 0 Å². The van der Waals surface area contributed by atoms with Crippen LogP contribution in [0.3, 0.4) is 0 Å². The largest absolute Gasteiger partial charge is 0.479 e. The normalized spacial score (nSPS) is 14.2. The van der Waals surface area contributed by atoms with Gasteiger partial charge in [-0.05, 0) is 32.8 Å². The van der Waals surface area contributed by atoms with Gasteiger partial charge in [0.05, 0.1) is 0 Å². The zero-order chi connectivity index (χ0) is 15.4. The Bertz CT molecular complexity index is 478. The van der Waals surface area contributed by atoms with Crippen molar-refractivity contribution in [2.75, 3.05) is 0 Å². The first-order chi connectivity index (χ1) is 9.21. The van der Waals surface area contributed by atoms with Gasteiger partial charge in [-0.1, -0.05) is 37.3 Å². The highest BCUT2D eigenvalue weighted by Crippen LogP contribution is 2.26. The molecule has 0 radical (unpaired) electrons. The van der Waals surface area contributed by atoms with Crippen molar-refractivity contribution in [2.24, 2.45) is 0 Å². The lowest BCUT2D eigenvalue weighted by Gasteiger charge is -2.31. The summed E-state index contributed by atoms with van der Waals surface area (Å²) in [5, 5.41) is 12.0. The molecule has 1 atom stereocenters. The van der Waals surface area contributed by atoms with E-state index in [9.17, 15) is 14.7 Å². The number of carbonyl (C=O) groups excluding carboxylic acids is 1. The van der Waals surface area contributed by atoms with E-state index in [0.29, 0.717) is 5.56 Å². The van der Waals surface area contributed by atoms with E-state index in [1.165, 1.54) is 0 Å². The van der Waals surface area contributed by atoms with Crippen molar-refractivity contribution in [3.05, 3.63) is 35.9 Å². The fraction of sp³-hybridized carbons (Fsp3) is 0.467. The molecule has 0 aliphatic heterocycles. The number of hydrogen-bond acceptors (Lipinski definition) is 3. The molecular weight excluding hydrogens is 258 g/mol. The average Bonchev–Trinajstić information content (AvgIpc) is 2.34. The molecule has 0 aliphatic carbocycles. The molecule has 0 heterocycles. The lowest BCUT2D eigenvalue weighted by molar-refractivity contribution is -0.145. The Kier molecular flexibility index (Phi) is 4.76. The van der Waals surface area contributed by atoms with Crippen molar-refractivity contribution in [1.82, 2.24) is 5.32 Å². The van der Waals surface area contributed by atoms with E-state index in [0.717, 1.165) is 0 Å². The van der Waals surface area contributed by atoms with E-state index >= 15 is 0 Å². The Labute approximate surface area is 118 Å². The van der Waals surface area contributed by atoms with Crippen LogP contribution in [0.4, 0.5) is 4.79 Å². The van der Waals surface area contributed by atoms with Crippen LogP contribution in [0.25, 0.3) is 0 Å². The first-order valence-electron chi connectivity index (χ1n) is 6.51. The molecule has 1 rings (SSSR count). The molecule has 0 spiro atoms. The summed E-state index contributed by atoms with van der Waals surface area (Å²) >= 11 is 0. The van der Waals surface area contributed by atoms with E-state index in [-0.39, 0.29) is 6.42 Å². The summed E-state index contributed by atoms with van der Waals surface area (Å²) < 4.78 is 5.15. The molecule has 2 N–H and O–H groups in total. The van der Waals surface area contributed by atoms with Crippen molar-refractivity contribution in [3.8, 4) is 0 Å². The van der Waals surface area contributed by atoms with Crippen LogP contribution in [-0.4, -0.2) is 22.8 Å². The minimum Gasteiger partial charge on any atom is -0.479 e. The minimum absolute atomic E-state index is 0.214. The zero-order valence-corrected chi connectivity index (χ0v) is 12.3. The Hall–Kier alpha value is -2.04. The Morgan fingerprint density at radius 3 is 2.15 bits per heavy atom. The van der Waals surface area contributed by atoms with Gasteiger partial charge in [-0.25, -0.2) is 9.59 Å². The van der Waals surface area contributed by atoms with E-state index < -0.39 is 23.2 Å². The van der Waals surface area contributed by atoms with Crippen molar-refractivity contribution < 1.29 is 19.4 Å². The summed E-state index contributed by atoms with van der Waals surface area (Å²) in [5.74, 6) is -1.11. The van der Waals surface area contributed by atoms with Crippen molar-refractivity contribution in [1.29, 1.82) is 0 Å². The Balaban J connectivity index is 3.08. The number of aliphatic carboxylic acids is 1. The second kappa shape index (κ2) is 5.94. The lowest BCUT2D eigenvalue weighted by Crippen LogP contribution is -2.52. The third kappa shape index (κ3) is 3.73. The SMILES string of the molecule is CC[C@@](NC(=O)OC(C)(C)C)(C(=O)O)c1ccccc1. The van der Waals surface area contributed by atoms with Gasteiger partial charge in [0.15, 0.2) is 5.54 Å². The summed E-state index contributed by atoms with van der Waals surface area (Å²) in [6.45, 7) is 6.88. The molecule has 20 heavy (non-hydrogen) atoms. The van der Waals surface area contributed by atoms with Crippen molar-refractivity contribution in [3.63, 3.8) is 0 Å². The van der Waals surface area contributed by atoms with Gasteiger partial charge in [-0.3, -0.25) is 0 Å². The summed E-state index contributed by atoms with van der Waals surface area (Å²) in [5.41, 5.74) is -1.65. The molecule has 5 nitrogen and oxygen atoms in total. The molecule has 5 heteroatoms. The highest BCUT2D eigenvalue weighted by atomic mass is 16.6. The van der Waals surface area contributed by atoms with Crippen LogP contribution < -0.4 is 5.32 Å². The van der Waals surface area contributed by atoms with Crippen LogP contribution in [0.2, 0.25) is 0 Å². The summed E-state index contributed by atoms with van der Waals surface area (Å²) in [6.07, 6.45) is -0.531. The topological polar surface area (TPSA) is 75.6 Å². The molecule has 1 aromatic rings. The monoisotopic (exact) mass is 279 g/mol. The molecule has 0 fully saturated rings. The summed E-state index contributed by atoms with van der Waals surface area (Å²) in [7, 11) is 0. The maximum absolute atomic E-state index is 11.9. The predicted molar refractivity (Wildman–Crippen MR) is 75.4 cm³/mol. The van der Waals surface area contributed by atoms with Crippen molar-refractivity contribution in [2.45, 2.75) is 45.3 Å². The van der Waals surface area contributed by atoms with Gasteiger partial charge in [0.2, 0.25) is 0 Å². The smallest absolute Gasteiger partial charge is 0.408 e. The maximum atomic E-state index is 11.9. The Morgan fingerprint density at radius 2 is 1.75 bits per heavy atom. The van der Waals surface area contributed by atoms with Gasteiger partial charge in [-0.15, -0.1) is 0 Å². The van der Waals surface area contributed by atoms with Crippen LogP contribution in [0.15, 0.2) is 30.3 Å². The van der Waals surface area contributed by atoms with Gasteiger partial charge in [0.1, 0.15) is 5.60 Å². The molecule has 0 saturated carbocycles. The second-order valence-corrected chi connectivity index (χ2v) is 5.56. The van der Waals surface area contributed by atoms with Gasteiger partial charge in [0, 0.05) is 0 Å². The molecule has 0 saturated heterocycles. The number of ether oxygens (including phenoxy) is 1. The molecule has 1 amide bonds.